The van der Waals surface area contributed by atoms with E-state index in [-0.39, 0.29) is 48.1 Å². The number of carbonyl (C=O) groups excluding carboxylic acids is 1. The van der Waals surface area contributed by atoms with Crippen LogP contribution in [-0.2, 0) is 28.2 Å². The molecule has 13 heteroatoms. The third kappa shape index (κ3) is 6.73. The fraction of sp³-hybridized carbons (Fsp3) is 0.277. The van der Waals surface area contributed by atoms with Crippen LogP contribution >= 0.6 is 15.9 Å². The number of nitrogens with one attached hydrogen (secondary N) is 1. The molecule has 2 aliphatic rings. The van der Waals surface area contributed by atoms with Crippen LogP contribution in [0.5, 0.6) is 5.75 Å². The van der Waals surface area contributed by atoms with Crippen molar-refractivity contribution in [2.75, 3.05) is 18.6 Å². The lowest BCUT2D eigenvalue weighted by molar-refractivity contribution is -0.146. The summed E-state index contributed by atoms with van der Waals surface area (Å²) in [5, 5.41) is 24.4. The summed E-state index contributed by atoms with van der Waals surface area (Å²) in [6.07, 6.45) is 2.21. The number of methoxy groups -OCH3 is 1. The van der Waals surface area contributed by atoms with Gasteiger partial charge in [-0.05, 0) is 77.7 Å². The number of rotatable bonds is 12. The lowest BCUT2D eigenvalue weighted by Crippen LogP contribution is -2.51. The Kier molecular flexibility index (Phi) is 10.5. The quantitative estimate of drug-likeness (QED) is 0.121. The second-order valence-electron chi connectivity index (χ2n) is 16.5. The number of carbonyl (C=O) groups is 1. The topological polar surface area (TPSA) is 127 Å². The zero-order valence-electron chi connectivity index (χ0n) is 34.0. The first-order valence-corrected chi connectivity index (χ1v) is 24.2. The molecule has 0 saturated carbocycles. The molecule has 1 amide bonds. The third-order valence-corrected chi connectivity index (χ3v) is 17.7. The predicted molar refractivity (Wildman–Crippen MR) is 239 cm³/mol. The molecular weight excluding hydrogens is 837 g/mol. The van der Waals surface area contributed by atoms with E-state index in [0.717, 1.165) is 38.1 Å². The van der Waals surface area contributed by atoms with E-state index in [2.05, 4.69) is 63.5 Å². The number of amides is 1. The Bertz CT molecular complexity index is 2750. The third-order valence-electron chi connectivity index (χ3n) is 12.8. The van der Waals surface area contributed by atoms with Crippen LogP contribution in [0.15, 0.2) is 137 Å². The van der Waals surface area contributed by atoms with Crippen LogP contribution in [0, 0.1) is 5.92 Å². The van der Waals surface area contributed by atoms with Crippen molar-refractivity contribution in [2.45, 2.75) is 62.7 Å². The lowest BCUT2D eigenvalue weighted by atomic mass is 9.82. The Morgan fingerprint density at radius 3 is 2.47 bits per heavy atom. The molecule has 60 heavy (non-hydrogen) atoms. The maximum atomic E-state index is 15.5. The zero-order chi connectivity index (χ0) is 41.8. The van der Waals surface area contributed by atoms with Crippen LogP contribution in [-0.4, -0.2) is 63.7 Å². The van der Waals surface area contributed by atoms with E-state index in [1.165, 1.54) is 5.19 Å². The summed E-state index contributed by atoms with van der Waals surface area (Å²) < 4.78 is 17.2. The van der Waals surface area contributed by atoms with Gasteiger partial charge in [-0.1, -0.05) is 113 Å². The molecule has 9 rings (SSSR count). The normalized spacial score (nSPS) is 20.6. The Balaban J connectivity index is 1.07. The summed E-state index contributed by atoms with van der Waals surface area (Å²) in [5.41, 5.74) is 4.30. The van der Waals surface area contributed by atoms with Crippen LogP contribution < -0.4 is 20.4 Å². The molecule has 0 bridgehead atoms. The molecule has 1 saturated heterocycles. The summed E-state index contributed by atoms with van der Waals surface area (Å²) in [6.45, 7) is 7.66. The highest BCUT2D eigenvalue weighted by atomic mass is 79.9. The summed E-state index contributed by atoms with van der Waals surface area (Å²) in [5.74, 6) is 0.211. The number of aryl methyl sites for hydroxylation is 1. The molecule has 5 aromatic carbocycles. The van der Waals surface area contributed by atoms with Crippen molar-refractivity contribution in [1.29, 1.82) is 0 Å². The van der Waals surface area contributed by atoms with Crippen LogP contribution in [0.1, 0.15) is 41.6 Å². The number of aromatic amines is 1. The maximum Gasteiger partial charge on any atom is 0.279 e. The lowest BCUT2D eigenvalue weighted by Gasteiger charge is -2.37. The molecule has 306 valence electrons. The van der Waals surface area contributed by atoms with E-state index < -0.39 is 13.7 Å². The number of fused-ring (bicyclic) bond motifs is 3. The molecule has 11 nitrogen and oxygen atoms in total. The average molecular weight is 884 g/mol. The SMILES string of the molecule is COc1ccc([Si](C)(C)[C@H]2[C@H](CCn3cc(C(CO)c4ccccc4)nn3)O[C@@]3(C(=O)N(Cc4cccc(-n5[nH]c6ccccc6c5=O)c4)c4ccc(Br)cc43)[C@@H]2C)cc1. The van der Waals surface area contributed by atoms with Crippen molar-refractivity contribution < 1.29 is 19.4 Å². The number of anilines is 1. The van der Waals surface area contributed by atoms with Gasteiger partial charge in [0.25, 0.3) is 11.5 Å². The summed E-state index contributed by atoms with van der Waals surface area (Å²) in [7, 11) is -0.731. The standard InChI is InChI=1S/C47H47BrN6O5Si/c1-30-44(60(3,4)36-20-18-35(58-2)19-21-36)43(23-24-52-28-41(49-51-52)38(29-55)32-12-6-5-7-13-32)59-47(30)39-26-33(48)17-22-42(39)53(46(47)57)27-31-11-10-14-34(25-31)54-45(56)37-15-8-9-16-40(37)50-54/h5-22,25-26,28,30,38,43-44,50,55H,23-24,27,29H2,1-4H3/t30-,38?,43+,44-,47+/m1/s1. The number of para-hydroxylation sites is 1. The first-order chi connectivity index (χ1) is 29.0. The van der Waals surface area contributed by atoms with Gasteiger partial charge < -0.3 is 19.5 Å². The van der Waals surface area contributed by atoms with Gasteiger partial charge in [0.05, 0.1) is 68.3 Å². The highest BCUT2D eigenvalue weighted by Crippen LogP contribution is 2.60. The number of hydrogen-bond donors (Lipinski definition) is 2. The van der Waals surface area contributed by atoms with Gasteiger partial charge in [-0.25, -0.2) is 4.68 Å². The molecule has 2 aromatic heterocycles. The highest BCUT2D eigenvalue weighted by molar-refractivity contribution is 9.10. The number of hydrogen-bond acceptors (Lipinski definition) is 7. The largest absolute Gasteiger partial charge is 0.497 e. The first kappa shape index (κ1) is 39.8. The Morgan fingerprint density at radius 2 is 1.72 bits per heavy atom. The second kappa shape index (κ2) is 15.8. The van der Waals surface area contributed by atoms with Crippen molar-refractivity contribution in [3.63, 3.8) is 0 Å². The van der Waals surface area contributed by atoms with Crippen molar-refractivity contribution in [1.82, 2.24) is 24.8 Å². The fourth-order valence-corrected chi connectivity index (χ4v) is 14.2. The minimum absolute atomic E-state index is 0.0244. The van der Waals surface area contributed by atoms with E-state index in [4.69, 9.17) is 9.47 Å². The monoisotopic (exact) mass is 882 g/mol. The van der Waals surface area contributed by atoms with Gasteiger partial charge in [0.1, 0.15) is 5.75 Å². The molecule has 4 heterocycles. The van der Waals surface area contributed by atoms with Gasteiger partial charge in [0.15, 0.2) is 5.60 Å². The molecular formula is C47H47BrN6O5Si. The number of benzene rings is 5. The number of aliphatic hydroxyl groups excluding tert-OH is 1. The van der Waals surface area contributed by atoms with Gasteiger partial charge in [0.2, 0.25) is 0 Å². The average Bonchev–Trinajstić information content (AvgIpc) is 4.01. The van der Waals surface area contributed by atoms with E-state index in [0.29, 0.717) is 29.7 Å². The van der Waals surface area contributed by atoms with Crippen LogP contribution in [0.3, 0.4) is 0 Å². The first-order valence-electron chi connectivity index (χ1n) is 20.3. The Labute approximate surface area is 357 Å². The minimum atomic E-state index is -2.40. The molecule has 1 unspecified atom stereocenters. The number of aliphatic hydroxyl groups is 1. The minimum Gasteiger partial charge on any atom is -0.497 e. The van der Waals surface area contributed by atoms with E-state index in [1.807, 2.05) is 125 Å². The van der Waals surface area contributed by atoms with E-state index in [9.17, 15) is 9.90 Å². The molecule has 5 atom stereocenters. The molecule has 1 spiro atoms. The summed E-state index contributed by atoms with van der Waals surface area (Å²) >= 11 is 3.74. The van der Waals surface area contributed by atoms with Gasteiger partial charge >= 0.3 is 0 Å². The Hall–Kier alpha value is -5.60. The smallest absolute Gasteiger partial charge is 0.279 e. The second-order valence-corrected chi connectivity index (χ2v) is 22.1. The molecule has 1 fully saturated rings. The molecule has 0 radical (unpaired) electrons. The number of H-pyrrole nitrogens is 1. The maximum absolute atomic E-state index is 15.5. The van der Waals surface area contributed by atoms with Crippen LogP contribution in [0.25, 0.3) is 16.6 Å². The van der Waals surface area contributed by atoms with Crippen molar-refractivity contribution >= 4 is 51.7 Å². The van der Waals surface area contributed by atoms with E-state index >= 15 is 4.79 Å². The Morgan fingerprint density at radius 1 is 0.950 bits per heavy atom. The number of ether oxygens (including phenoxy) is 2. The molecule has 7 aromatic rings. The van der Waals surface area contributed by atoms with Gasteiger partial charge in [-0.2, -0.15) is 0 Å². The predicted octanol–water partition coefficient (Wildman–Crippen LogP) is 7.66. The summed E-state index contributed by atoms with van der Waals surface area (Å²) in [4.78, 5) is 30.7. The van der Waals surface area contributed by atoms with Crippen molar-refractivity contribution in [3.8, 4) is 11.4 Å². The summed E-state index contributed by atoms with van der Waals surface area (Å²) in [6, 6.07) is 39.5. The highest BCUT2D eigenvalue weighted by Gasteiger charge is 2.66. The fourth-order valence-electron chi connectivity index (χ4n) is 9.83. The zero-order valence-corrected chi connectivity index (χ0v) is 36.5. The molecule has 2 N–H and O–H groups in total. The van der Waals surface area contributed by atoms with E-state index in [1.54, 1.807) is 11.8 Å². The van der Waals surface area contributed by atoms with Gasteiger partial charge in [-0.15, -0.1) is 5.10 Å². The molecule has 0 aliphatic carbocycles. The van der Waals surface area contributed by atoms with Gasteiger partial charge in [-0.3, -0.25) is 19.4 Å². The molecule has 2 aliphatic heterocycles. The van der Waals surface area contributed by atoms with Gasteiger partial charge in [0, 0.05) is 28.7 Å². The van der Waals surface area contributed by atoms with Crippen molar-refractivity contribution in [3.05, 3.63) is 165 Å². The number of nitrogens with zero attached hydrogens (tertiary/aromatic N) is 5. The van der Waals surface area contributed by atoms with Crippen molar-refractivity contribution in [2.24, 2.45) is 5.92 Å². The number of aromatic nitrogens is 5. The number of halogens is 1. The van der Waals surface area contributed by atoms with Crippen LogP contribution in [0.2, 0.25) is 18.6 Å². The van der Waals surface area contributed by atoms with Crippen LogP contribution in [0.4, 0.5) is 5.69 Å².